The van der Waals surface area contributed by atoms with Crippen LogP contribution < -0.4 is 0 Å². The number of aliphatic carboxylic acids is 1. The van der Waals surface area contributed by atoms with Gasteiger partial charge in [0.25, 0.3) is 0 Å². The van der Waals surface area contributed by atoms with Crippen LogP contribution in [0.1, 0.15) is 156 Å². The third-order valence-corrected chi connectivity index (χ3v) is 6.04. The van der Waals surface area contributed by atoms with Gasteiger partial charge in [-0.25, -0.2) is 0 Å². The first-order chi connectivity index (χ1) is 15.5. The lowest BCUT2D eigenvalue weighted by Gasteiger charge is -2.08. The average molecular weight is 457 g/mol. The van der Waals surface area contributed by atoms with Crippen molar-refractivity contribution in [3.63, 3.8) is 0 Å². The average Bonchev–Trinajstić information content (AvgIpc) is 2.77. The number of esters is 1. The molecule has 192 valence electrons. The van der Waals surface area contributed by atoms with Crippen LogP contribution in [-0.2, 0) is 14.3 Å². The first-order valence-corrected chi connectivity index (χ1v) is 13.9. The van der Waals surface area contributed by atoms with Crippen LogP contribution in [0.4, 0.5) is 0 Å². The molecule has 1 atom stereocenters. The quantitative estimate of drug-likeness (QED) is 0.130. The van der Waals surface area contributed by atoms with Crippen LogP contribution in [0.5, 0.6) is 0 Å². The van der Waals surface area contributed by atoms with Crippen LogP contribution in [0.25, 0.3) is 0 Å². The molecular weight excluding hydrogens is 400 g/mol. The fourth-order valence-electron chi connectivity index (χ4n) is 3.84. The SMILES string of the molecule is CCCCCCCCCCC(CC)C(=O)O.CCCCCCCCCCCC(=O)OCC. The number of carbonyl (C=O) groups is 2. The molecule has 0 aliphatic carbocycles. The van der Waals surface area contributed by atoms with Gasteiger partial charge in [0, 0.05) is 6.42 Å². The Morgan fingerprint density at radius 3 is 1.41 bits per heavy atom. The molecule has 0 bridgehead atoms. The summed E-state index contributed by atoms with van der Waals surface area (Å²) in [5, 5.41) is 8.87. The van der Waals surface area contributed by atoms with Crippen molar-refractivity contribution in [1.29, 1.82) is 0 Å². The number of carboxylic acids is 1. The van der Waals surface area contributed by atoms with Gasteiger partial charge in [0.2, 0.25) is 0 Å². The Labute approximate surface area is 200 Å². The molecule has 1 N–H and O–H groups in total. The van der Waals surface area contributed by atoms with Crippen LogP contribution in [-0.4, -0.2) is 23.7 Å². The molecule has 0 spiro atoms. The summed E-state index contributed by atoms with van der Waals surface area (Å²) in [6.07, 6.45) is 24.1. The van der Waals surface area contributed by atoms with Crippen molar-refractivity contribution in [2.75, 3.05) is 6.61 Å². The highest BCUT2D eigenvalue weighted by Gasteiger charge is 2.13. The second-order valence-corrected chi connectivity index (χ2v) is 9.09. The zero-order valence-corrected chi connectivity index (χ0v) is 22.1. The molecule has 0 aliphatic heterocycles. The molecule has 0 radical (unpaired) electrons. The molecule has 32 heavy (non-hydrogen) atoms. The van der Waals surface area contributed by atoms with E-state index in [1.165, 1.54) is 96.3 Å². The minimum Gasteiger partial charge on any atom is -0.481 e. The Hall–Kier alpha value is -1.06. The normalized spacial score (nSPS) is 11.5. The second-order valence-electron chi connectivity index (χ2n) is 9.09. The maximum atomic E-state index is 11.0. The molecule has 4 nitrogen and oxygen atoms in total. The molecule has 4 heteroatoms. The van der Waals surface area contributed by atoms with Crippen molar-refractivity contribution < 1.29 is 19.4 Å². The van der Waals surface area contributed by atoms with Gasteiger partial charge in [0.15, 0.2) is 0 Å². The highest BCUT2D eigenvalue weighted by atomic mass is 16.5. The van der Waals surface area contributed by atoms with Crippen LogP contribution in [0.3, 0.4) is 0 Å². The first-order valence-electron chi connectivity index (χ1n) is 13.9. The van der Waals surface area contributed by atoms with E-state index in [0.717, 1.165) is 25.7 Å². The summed E-state index contributed by atoms with van der Waals surface area (Å²) in [5.41, 5.74) is 0. The topological polar surface area (TPSA) is 63.6 Å². The number of carboxylic acid groups (broad SMARTS) is 1. The molecule has 0 saturated carbocycles. The molecule has 1 unspecified atom stereocenters. The predicted octanol–water partition coefficient (Wildman–Crippen LogP) is 9.10. The lowest BCUT2D eigenvalue weighted by Crippen LogP contribution is -2.12. The summed E-state index contributed by atoms with van der Waals surface area (Å²) in [6, 6.07) is 0. The standard InChI is InChI=1S/2C14H28O2/c1-3-5-6-7-8-9-10-11-12-13-14(15)16-4-2;1-3-5-6-7-8-9-10-11-12-13(4-2)14(15)16/h3-13H2,1-2H3;13H,3-12H2,1-2H3,(H,15,16). The van der Waals surface area contributed by atoms with Gasteiger partial charge >= 0.3 is 11.9 Å². The van der Waals surface area contributed by atoms with Gasteiger partial charge in [0.1, 0.15) is 0 Å². The summed E-state index contributed by atoms with van der Waals surface area (Å²) in [6.45, 7) is 8.81. The van der Waals surface area contributed by atoms with Crippen molar-refractivity contribution in [2.45, 2.75) is 156 Å². The number of carbonyl (C=O) groups excluding carboxylic acids is 1. The van der Waals surface area contributed by atoms with Gasteiger partial charge < -0.3 is 9.84 Å². The lowest BCUT2D eigenvalue weighted by molar-refractivity contribution is -0.143. The Morgan fingerprint density at radius 2 is 1.03 bits per heavy atom. The van der Waals surface area contributed by atoms with Gasteiger partial charge in [-0.15, -0.1) is 0 Å². The van der Waals surface area contributed by atoms with Crippen molar-refractivity contribution in [3.8, 4) is 0 Å². The Kier molecular flexibility index (Phi) is 28.9. The molecule has 0 aliphatic rings. The van der Waals surface area contributed by atoms with Gasteiger partial charge in [-0.3, -0.25) is 9.59 Å². The molecule has 0 fully saturated rings. The Bertz CT molecular complexity index is 393. The first kappa shape index (κ1) is 33.1. The van der Waals surface area contributed by atoms with E-state index in [0.29, 0.717) is 13.0 Å². The third kappa shape index (κ3) is 27.0. The Morgan fingerprint density at radius 1 is 0.625 bits per heavy atom. The van der Waals surface area contributed by atoms with E-state index >= 15 is 0 Å². The molecule has 0 saturated heterocycles. The summed E-state index contributed by atoms with van der Waals surface area (Å²) in [4.78, 5) is 21.8. The molecule has 0 aromatic carbocycles. The van der Waals surface area contributed by atoms with E-state index in [4.69, 9.17) is 9.84 Å². The van der Waals surface area contributed by atoms with Crippen molar-refractivity contribution in [3.05, 3.63) is 0 Å². The highest BCUT2D eigenvalue weighted by molar-refractivity contribution is 5.69. The van der Waals surface area contributed by atoms with Crippen molar-refractivity contribution >= 4 is 11.9 Å². The molecule has 0 amide bonds. The minimum atomic E-state index is -0.620. The molecule has 0 aromatic rings. The summed E-state index contributed by atoms with van der Waals surface area (Å²) < 4.78 is 4.87. The summed E-state index contributed by atoms with van der Waals surface area (Å²) in [5.74, 6) is -0.768. The zero-order chi connectivity index (χ0) is 24.3. The molecule has 0 aromatic heterocycles. The van der Waals surface area contributed by atoms with Crippen molar-refractivity contribution in [1.82, 2.24) is 0 Å². The predicted molar refractivity (Wildman–Crippen MR) is 137 cm³/mol. The number of rotatable bonds is 22. The maximum Gasteiger partial charge on any atom is 0.306 e. The summed E-state index contributed by atoms with van der Waals surface area (Å²) >= 11 is 0. The minimum absolute atomic E-state index is 0.0366. The van der Waals surface area contributed by atoms with E-state index in [1.54, 1.807) is 0 Å². The van der Waals surface area contributed by atoms with E-state index < -0.39 is 5.97 Å². The molecule has 0 heterocycles. The van der Waals surface area contributed by atoms with Crippen LogP contribution in [0.15, 0.2) is 0 Å². The van der Waals surface area contributed by atoms with E-state index in [2.05, 4.69) is 13.8 Å². The lowest BCUT2D eigenvalue weighted by atomic mass is 9.98. The highest BCUT2D eigenvalue weighted by Crippen LogP contribution is 2.15. The monoisotopic (exact) mass is 456 g/mol. The van der Waals surface area contributed by atoms with Gasteiger partial charge in [-0.2, -0.15) is 0 Å². The number of ether oxygens (including phenoxy) is 1. The third-order valence-electron chi connectivity index (χ3n) is 6.04. The van der Waals surface area contributed by atoms with Gasteiger partial charge in [-0.05, 0) is 26.2 Å². The fraction of sp³-hybridized carbons (Fsp3) is 0.929. The van der Waals surface area contributed by atoms with Crippen LogP contribution >= 0.6 is 0 Å². The van der Waals surface area contributed by atoms with Crippen LogP contribution in [0.2, 0.25) is 0 Å². The second kappa shape index (κ2) is 28.0. The smallest absolute Gasteiger partial charge is 0.306 e. The van der Waals surface area contributed by atoms with E-state index in [1.807, 2.05) is 13.8 Å². The van der Waals surface area contributed by atoms with Gasteiger partial charge in [0.05, 0.1) is 12.5 Å². The zero-order valence-electron chi connectivity index (χ0n) is 22.1. The Balaban J connectivity index is 0. The van der Waals surface area contributed by atoms with Gasteiger partial charge in [-0.1, -0.05) is 124 Å². The summed E-state index contributed by atoms with van der Waals surface area (Å²) in [7, 11) is 0. The van der Waals surface area contributed by atoms with Crippen LogP contribution in [0, 0.1) is 5.92 Å². The largest absolute Gasteiger partial charge is 0.481 e. The van der Waals surface area contributed by atoms with E-state index in [9.17, 15) is 9.59 Å². The fourth-order valence-corrected chi connectivity index (χ4v) is 3.84. The number of unbranched alkanes of at least 4 members (excludes halogenated alkanes) is 15. The number of hydrogen-bond acceptors (Lipinski definition) is 3. The molecule has 0 rings (SSSR count). The van der Waals surface area contributed by atoms with E-state index in [-0.39, 0.29) is 11.9 Å². The van der Waals surface area contributed by atoms with Crippen molar-refractivity contribution in [2.24, 2.45) is 5.92 Å². The molecular formula is C28H56O4. The maximum absolute atomic E-state index is 11.0. The number of hydrogen-bond donors (Lipinski definition) is 1.